The van der Waals surface area contributed by atoms with Crippen molar-refractivity contribution in [3.8, 4) is 0 Å². The topological polar surface area (TPSA) is 81.2 Å². The van der Waals surface area contributed by atoms with Crippen LogP contribution in [0, 0.1) is 6.92 Å². The molecule has 2 amide bonds. The largest absolute Gasteiger partial charge is 0.365 e. The Balaban J connectivity index is 1.73. The molecular formula is C15H18N4O2S. The third-order valence-corrected chi connectivity index (χ3v) is 4.94. The van der Waals surface area contributed by atoms with E-state index in [0.717, 1.165) is 36.3 Å². The second-order valence-corrected chi connectivity index (χ2v) is 6.66. The van der Waals surface area contributed by atoms with Gasteiger partial charge in [-0.1, -0.05) is 0 Å². The molecule has 2 aromatic heterocycles. The van der Waals surface area contributed by atoms with E-state index in [1.165, 1.54) is 0 Å². The van der Waals surface area contributed by atoms with Crippen molar-refractivity contribution in [3.63, 3.8) is 0 Å². The molecule has 22 heavy (non-hydrogen) atoms. The molecular weight excluding hydrogens is 300 g/mol. The van der Waals surface area contributed by atoms with Crippen molar-refractivity contribution in [2.75, 3.05) is 13.1 Å². The van der Waals surface area contributed by atoms with E-state index in [4.69, 9.17) is 5.73 Å². The molecule has 0 spiro atoms. The number of hydrogen-bond acceptors (Lipinski definition) is 4. The molecule has 2 aromatic rings. The number of nitrogens with zero attached hydrogens (tertiary/aromatic N) is 3. The van der Waals surface area contributed by atoms with E-state index in [2.05, 4.69) is 5.10 Å². The van der Waals surface area contributed by atoms with Crippen LogP contribution in [0.15, 0.2) is 24.5 Å². The summed E-state index contributed by atoms with van der Waals surface area (Å²) in [6.07, 6.45) is 5.80. The number of amides is 2. The predicted octanol–water partition coefficient (Wildman–Crippen LogP) is 1.83. The van der Waals surface area contributed by atoms with Crippen LogP contribution in [0.1, 0.15) is 43.8 Å². The number of primary amides is 1. The van der Waals surface area contributed by atoms with Gasteiger partial charge < -0.3 is 10.6 Å². The van der Waals surface area contributed by atoms with Crippen LogP contribution in [0.3, 0.4) is 0 Å². The fraction of sp³-hybridized carbons (Fsp3) is 0.400. The number of thiophene rings is 1. The smallest absolute Gasteiger partial charge is 0.264 e. The van der Waals surface area contributed by atoms with E-state index in [1.54, 1.807) is 12.1 Å². The van der Waals surface area contributed by atoms with E-state index < -0.39 is 5.91 Å². The molecule has 1 aliphatic heterocycles. The third kappa shape index (κ3) is 2.89. The highest BCUT2D eigenvalue weighted by atomic mass is 32.1. The minimum atomic E-state index is -0.493. The Bertz CT molecular complexity index is 706. The third-order valence-electron chi connectivity index (χ3n) is 3.85. The van der Waals surface area contributed by atoms with Crippen molar-refractivity contribution in [3.05, 3.63) is 39.8 Å². The lowest BCUT2D eigenvalue weighted by atomic mass is 10.1. The molecule has 0 aliphatic carbocycles. The lowest BCUT2D eigenvalue weighted by Gasteiger charge is -2.32. The number of aromatic nitrogens is 2. The molecule has 7 heteroatoms. The monoisotopic (exact) mass is 318 g/mol. The standard InChI is InChI=1S/C15H18N4O2S/c1-10-7-17-19(8-10)11-3-2-6-18(9-11)15(21)13-5-4-12(22-13)14(16)20/h4-5,7-8,11H,2-3,6,9H2,1H3,(H2,16,20)/t11-/m1/s1. The molecule has 3 heterocycles. The molecule has 0 saturated carbocycles. The summed E-state index contributed by atoms with van der Waals surface area (Å²) in [6, 6.07) is 3.50. The number of nitrogens with two attached hydrogens (primary N) is 1. The number of carbonyl (C=O) groups is 2. The van der Waals surface area contributed by atoms with Crippen LogP contribution in [-0.4, -0.2) is 39.6 Å². The quantitative estimate of drug-likeness (QED) is 0.937. The molecule has 0 radical (unpaired) electrons. The van der Waals surface area contributed by atoms with E-state index in [9.17, 15) is 9.59 Å². The number of likely N-dealkylation sites (tertiary alicyclic amines) is 1. The van der Waals surface area contributed by atoms with Crippen molar-refractivity contribution in [2.45, 2.75) is 25.8 Å². The number of rotatable bonds is 3. The van der Waals surface area contributed by atoms with Gasteiger partial charge in [-0.15, -0.1) is 11.3 Å². The van der Waals surface area contributed by atoms with Crippen LogP contribution in [0.25, 0.3) is 0 Å². The molecule has 1 atom stereocenters. The maximum absolute atomic E-state index is 12.6. The van der Waals surface area contributed by atoms with Gasteiger partial charge in [-0.05, 0) is 37.5 Å². The number of hydrogen-bond donors (Lipinski definition) is 1. The van der Waals surface area contributed by atoms with Crippen LogP contribution in [-0.2, 0) is 0 Å². The van der Waals surface area contributed by atoms with Gasteiger partial charge in [0.05, 0.1) is 22.0 Å². The number of piperidine rings is 1. The Morgan fingerprint density at radius 3 is 2.77 bits per heavy atom. The maximum Gasteiger partial charge on any atom is 0.264 e. The molecule has 0 aromatic carbocycles. The lowest BCUT2D eigenvalue weighted by molar-refractivity contribution is 0.0678. The van der Waals surface area contributed by atoms with Crippen LogP contribution in [0.2, 0.25) is 0 Å². The van der Waals surface area contributed by atoms with Crippen LogP contribution in [0.4, 0.5) is 0 Å². The highest BCUT2D eigenvalue weighted by Crippen LogP contribution is 2.25. The Kier molecular flexibility index (Phi) is 3.98. The summed E-state index contributed by atoms with van der Waals surface area (Å²) in [5, 5.41) is 4.35. The SMILES string of the molecule is Cc1cnn([C@@H]2CCCN(C(=O)c3ccc(C(N)=O)s3)C2)c1. The first-order chi connectivity index (χ1) is 10.5. The second kappa shape index (κ2) is 5.92. The number of aryl methyl sites for hydroxylation is 1. The Morgan fingerprint density at radius 1 is 1.36 bits per heavy atom. The average molecular weight is 318 g/mol. The minimum Gasteiger partial charge on any atom is -0.365 e. The van der Waals surface area contributed by atoms with Gasteiger partial charge in [-0.3, -0.25) is 14.3 Å². The van der Waals surface area contributed by atoms with Gasteiger partial charge in [-0.2, -0.15) is 5.10 Å². The molecule has 6 nitrogen and oxygen atoms in total. The van der Waals surface area contributed by atoms with Gasteiger partial charge in [0.1, 0.15) is 0 Å². The lowest BCUT2D eigenvalue weighted by Crippen LogP contribution is -2.40. The zero-order valence-electron chi connectivity index (χ0n) is 12.4. The van der Waals surface area contributed by atoms with Gasteiger partial charge >= 0.3 is 0 Å². The molecule has 2 N–H and O–H groups in total. The molecule has 1 fully saturated rings. The molecule has 1 saturated heterocycles. The fourth-order valence-electron chi connectivity index (χ4n) is 2.73. The first-order valence-electron chi connectivity index (χ1n) is 7.24. The number of carbonyl (C=O) groups excluding carboxylic acids is 2. The Morgan fingerprint density at radius 2 is 2.14 bits per heavy atom. The molecule has 0 unspecified atom stereocenters. The molecule has 0 bridgehead atoms. The van der Waals surface area contributed by atoms with Gasteiger partial charge in [-0.25, -0.2) is 0 Å². The highest BCUT2D eigenvalue weighted by molar-refractivity contribution is 7.15. The van der Waals surface area contributed by atoms with Crippen LogP contribution >= 0.6 is 11.3 Å². The fourth-order valence-corrected chi connectivity index (χ4v) is 3.56. The zero-order chi connectivity index (χ0) is 15.7. The maximum atomic E-state index is 12.6. The summed E-state index contributed by atoms with van der Waals surface area (Å²) < 4.78 is 1.94. The van der Waals surface area contributed by atoms with Crippen LogP contribution < -0.4 is 5.73 Å². The summed E-state index contributed by atoms with van der Waals surface area (Å²) in [5.74, 6) is -0.529. The predicted molar refractivity (Wildman–Crippen MR) is 84.0 cm³/mol. The normalized spacial score (nSPS) is 18.4. The summed E-state index contributed by atoms with van der Waals surface area (Å²) >= 11 is 1.16. The van der Waals surface area contributed by atoms with E-state index in [1.807, 2.05) is 28.9 Å². The van der Waals surface area contributed by atoms with Crippen molar-refractivity contribution >= 4 is 23.2 Å². The summed E-state index contributed by atoms with van der Waals surface area (Å²) in [7, 11) is 0. The highest BCUT2D eigenvalue weighted by Gasteiger charge is 2.27. The van der Waals surface area contributed by atoms with E-state index in [0.29, 0.717) is 16.3 Å². The van der Waals surface area contributed by atoms with Crippen LogP contribution in [0.5, 0.6) is 0 Å². The minimum absolute atomic E-state index is 0.0360. The molecule has 3 rings (SSSR count). The Labute approximate surface area is 132 Å². The molecule has 116 valence electrons. The first kappa shape index (κ1) is 14.8. The summed E-state index contributed by atoms with van der Waals surface area (Å²) in [6.45, 7) is 3.38. The average Bonchev–Trinajstić information content (AvgIpc) is 3.15. The second-order valence-electron chi connectivity index (χ2n) is 5.57. The van der Waals surface area contributed by atoms with E-state index in [-0.39, 0.29) is 11.9 Å². The zero-order valence-corrected chi connectivity index (χ0v) is 13.2. The van der Waals surface area contributed by atoms with Gasteiger partial charge in [0.2, 0.25) is 0 Å². The van der Waals surface area contributed by atoms with Crippen molar-refractivity contribution in [1.82, 2.24) is 14.7 Å². The summed E-state index contributed by atoms with van der Waals surface area (Å²) in [5.41, 5.74) is 6.36. The van der Waals surface area contributed by atoms with Gasteiger partial charge in [0, 0.05) is 19.3 Å². The van der Waals surface area contributed by atoms with Crippen molar-refractivity contribution in [2.24, 2.45) is 5.73 Å². The molecule has 1 aliphatic rings. The van der Waals surface area contributed by atoms with E-state index >= 15 is 0 Å². The van der Waals surface area contributed by atoms with Gasteiger partial charge in [0.25, 0.3) is 11.8 Å². The van der Waals surface area contributed by atoms with Crippen molar-refractivity contribution < 1.29 is 9.59 Å². The van der Waals surface area contributed by atoms with Gasteiger partial charge in [0.15, 0.2) is 0 Å². The Hall–Kier alpha value is -2.15. The first-order valence-corrected chi connectivity index (χ1v) is 8.06. The van der Waals surface area contributed by atoms with Crippen molar-refractivity contribution in [1.29, 1.82) is 0 Å². The summed E-state index contributed by atoms with van der Waals surface area (Å²) in [4.78, 5) is 26.5.